The van der Waals surface area contributed by atoms with Crippen molar-refractivity contribution in [2.75, 3.05) is 13.1 Å². The van der Waals surface area contributed by atoms with Crippen LogP contribution in [-0.2, 0) is 10.2 Å². The summed E-state index contributed by atoms with van der Waals surface area (Å²) in [5.41, 5.74) is 0. The molecule has 2 atom stereocenters. The Hall–Kier alpha value is -0.170. The Morgan fingerprint density at radius 2 is 2.00 bits per heavy atom. The molecule has 15 heavy (non-hydrogen) atoms. The zero-order chi connectivity index (χ0) is 11.6. The molecule has 0 radical (unpaired) electrons. The molecule has 0 aromatic heterocycles. The van der Waals surface area contributed by atoms with Crippen LogP contribution in [0.5, 0.6) is 0 Å². The molecule has 1 aliphatic heterocycles. The van der Waals surface area contributed by atoms with Crippen LogP contribution >= 0.6 is 0 Å². The van der Waals surface area contributed by atoms with E-state index in [4.69, 9.17) is 0 Å². The van der Waals surface area contributed by atoms with Gasteiger partial charge in [-0.1, -0.05) is 0 Å². The standard InChI is InChI=1S/C9H21N3O2S/c1-7(2)11-15(13,14)12-6-8(3)10-5-9(12)4/h7-11H,5-6H2,1-4H3. The Balaban J connectivity index is 2.76. The van der Waals surface area contributed by atoms with E-state index in [-0.39, 0.29) is 18.1 Å². The molecule has 1 aliphatic rings. The zero-order valence-corrected chi connectivity index (χ0v) is 10.6. The van der Waals surface area contributed by atoms with Crippen LogP contribution in [0, 0.1) is 0 Å². The highest BCUT2D eigenvalue weighted by Gasteiger charge is 2.32. The van der Waals surface area contributed by atoms with Crippen molar-refractivity contribution >= 4 is 10.2 Å². The molecule has 2 unspecified atom stereocenters. The monoisotopic (exact) mass is 235 g/mol. The summed E-state index contributed by atoms with van der Waals surface area (Å²) < 4.78 is 28.0. The highest BCUT2D eigenvalue weighted by molar-refractivity contribution is 7.87. The molecule has 0 aromatic rings. The molecule has 6 heteroatoms. The molecule has 1 saturated heterocycles. The Labute approximate surface area is 92.4 Å². The van der Waals surface area contributed by atoms with E-state index in [9.17, 15) is 8.42 Å². The van der Waals surface area contributed by atoms with Gasteiger partial charge in [-0.2, -0.15) is 17.4 Å². The second-order valence-electron chi connectivity index (χ2n) is 4.51. The predicted octanol–water partition coefficient (Wildman–Crippen LogP) is -0.0886. The Morgan fingerprint density at radius 3 is 2.53 bits per heavy atom. The summed E-state index contributed by atoms with van der Waals surface area (Å²) in [6.07, 6.45) is 0. The normalized spacial score (nSPS) is 29.7. The molecule has 1 fully saturated rings. The zero-order valence-electron chi connectivity index (χ0n) is 9.82. The quantitative estimate of drug-likeness (QED) is 0.719. The minimum atomic E-state index is -3.32. The van der Waals surface area contributed by atoms with Crippen molar-refractivity contribution in [1.82, 2.24) is 14.3 Å². The third kappa shape index (κ3) is 3.41. The van der Waals surface area contributed by atoms with Crippen LogP contribution in [0.3, 0.4) is 0 Å². The van der Waals surface area contributed by atoms with Gasteiger partial charge in [0.25, 0.3) is 10.2 Å². The third-order valence-electron chi connectivity index (χ3n) is 2.40. The maximum atomic E-state index is 11.9. The van der Waals surface area contributed by atoms with E-state index in [2.05, 4.69) is 10.0 Å². The van der Waals surface area contributed by atoms with Crippen LogP contribution in [0.15, 0.2) is 0 Å². The van der Waals surface area contributed by atoms with Crippen molar-refractivity contribution < 1.29 is 8.42 Å². The number of hydrogen-bond acceptors (Lipinski definition) is 3. The van der Waals surface area contributed by atoms with Gasteiger partial charge in [0.15, 0.2) is 0 Å². The summed E-state index contributed by atoms with van der Waals surface area (Å²) in [4.78, 5) is 0. The van der Waals surface area contributed by atoms with Gasteiger partial charge in [-0.05, 0) is 27.7 Å². The van der Waals surface area contributed by atoms with Gasteiger partial charge in [0.2, 0.25) is 0 Å². The van der Waals surface area contributed by atoms with E-state index in [0.717, 1.165) is 0 Å². The van der Waals surface area contributed by atoms with Crippen molar-refractivity contribution in [2.24, 2.45) is 0 Å². The Bertz CT molecular complexity index is 302. The minimum Gasteiger partial charge on any atom is -0.311 e. The van der Waals surface area contributed by atoms with Crippen molar-refractivity contribution in [3.05, 3.63) is 0 Å². The van der Waals surface area contributed by atoms with Gasteiger partial charge in [-0.3, -0.25) is 0 Å². The van der Waals surface area contributed by atoms with Crippen LogP contribution in [0.25, 0.3) is 0 Å². The molecule has 0 amide bonds. The maximum Gasteiger partial charge on any atom is 0.280 e. The van der Waals surface area contributed by atoms with Gasteiger partial charge in [-0.25, -0.2) is 0 Å². The SMILES string of the molecule is CC(C)NS(=O)(=O)N1CC(C)NCC1C. The highest BCUT2D eigenvalue weighted by Crippen LogP contribution is 2.11. The second-order valence-corrected chi connectivity index (χ2v) is 6.16. The highest BCUT2D eigenvalue weighted by atomic mass is 32.2. The minimum absolute atomic E-state index is 0.0115. The summed E-state index contributed by atoms with van der Waals surface area (Å²) in [5, 5.41) is 3.25. The molecule has 0 spiro atoms. The number of rotatable bonds is 3. The molecular formula is C9H21N3O2S. The average Bonchev–Trinajstić information content (AvgIpc) is 2.06. The van der Waals surface area contributed by atoms with Gasteiger partial charge in [0.05, 0.1) is 0 Å². The summed E-state index contributed by atoms with van der Waals surface area (Å²) in [7, 11) is -3.32. The second kappa shape index (κ2) is 4.78. The van der Waals surface area contributed by atoms with Gasteiger partial charge in [-0.15, -0.1) is 0 Å². The maximum absolute atomic E-state index is 11.9. The van der Waals surface area contributed by atoms with Gasteiger partial charge in [0.1, 0.15) is 0 Å². The van der Waals surface area contributed by atoms with E-state index >= 15 is 0 Å². The van der Waals surface area contributed by atoms with Gasteiger partial charge >= 0.3 is 0 Å². The number of nitrogens with one attached hydrogen (secondary N) is 2. The fraction of sp³-hybridized carbons (Fsp3) is 1.00. The first-order valence-corrected chi connectivity index (χ1v) is 6.79. The molecular weight excluding hydrogens is 214 g/mol. The molecule has 0 saturated carbocycles. The molecule has 2 N–H and O–H groups in total. The number of piperazine rings is 1. The lowest BCUT2D eigenvalue weighted by Gasteiger charge is -2.36. The number of hydrogen-bond donors (Lipinski definition) is 2. The fourth-order valence-electron chi connectivity index (χ4n) is 1.69. The van der Waals surface area contributed by atoms with Crippen LogP contribution < -0.4 is 10.0 Å². The van der Waals surface area contributed by atoms with E-state index < -0.39 is 10.2 Å². The lowest BCUT2D eigenvalue weighted by atomic mass is 10.2. The molecule has 0 aromatic carbocycles. The van der Waals surface area contributed by atoms with Crippen LogP contribution in [0.4, 0.5) is 0 Å². The first kappa shape index (κ1) is 12.9. The summed E-state index contributed by atoms with van der Waals surface area (Å²) in [5.74, 6) is 0. The van der Waals surface area contributed by atoms with Crippen molar-refractivity contribution in [3.8, 4) is 0 Å². The molecule has 90 valence electrons. The van der Waals surface area contributed by atoms with Crippen molar-refractivity contribution in [1.29, 1.82) is 0 Å². The van der Waals surface area contributed by atoms with Gasteiger partial charge in [0, 0.05) is 31.2 Å². The van der Waals surface area contributed by atoms with E-state index in [0.29, 0.717) is 13.1 Å². The largest absolute Gasteiger partial charge is 0.311 e. The average molecular weight is 235 g/mol. The molecule has 5 nitrogen and oxygen atoms in total. The van der Waals surface area contributed by atoms with E-state index in [1.807, 2.05) is 27.7 Å². The van der Waals surface area contributed by atoms with Gasteiger partial charge < -0.3 is 5.32 Å². The smallest absolute Gasteiger partial charge is 0.280 e. The van der Waals surface area contributed by atoms with E-state index in [1.54, 1.807) is 0 Å². The lowest BCUT2D eigenvalue weighted by molar-refractivity contribution is 0.241. The summed E-state index contributed by atoms with van der Waals surface area (Å²) in [6, 6.07) is 0.162. The van der Waals surface area contributed by atoms with Crippen LogP contribution in [0.2, 0.25) is 0 Å². The third-order valence-corrected chi connectivity index (χ3v) is 4.30. The fourth-order valence-corrected chi connectivity index (χ4v) is 3.39. The molecule has 0 bridgehead atoms. The summed E-state index contributed by atoms with van der Waals surface area (Å²) >= 11 is 0. The predicted molar refractivity (Wildman–Crippen MR) is 60.8 cm³/mol. The Morgan fingerprint density at radius 1 is 1.40 bits per heavy atom. The molecule has 1 rings (SSSR count). The lowest BCUT2D eigenvalue weighted by Crippen LogP contribution is -2.59. The van der Waals surface area contributed by atoms with Crippen LogP contribution in [0.1, 0.15) is 27.7 Å². The molecule has 0 aliphatic carbocycles. The Kier molecular flexibility index (Phi) is 4.11. The first-order valence-electron chi connectivity index (χ1n) is 5.35. The molecule has 1 heterocycles. The number of nitrogens with zero attached hydrogens (tertiary/aromatic N) is 1. The van der Waals surface area contributed by atoms with Crippen molar-refractivity contribution in [2.45, 2.75) is 45.8 Å². The summed E-state index contributed by atoms with van der Waals surface area (Å²) in [6.45, 7) is 8.80. The van der Waals surface area contributed by atoms with E-state index in [1.165, 1.54) is 4.31 Å². The topological polar surface area (TPSA) is 61.4 Å². The van der Waals surface area contributed by atoms with Crippen molar-refractivity contribution in [3.63, 3.8) is 0 Å². The first-order chi connectivity index (χ1) is 6.83. The van der Waals surface area contributed by atoms with Crippen LogP contribution in [-0.4, -0.2) is 43.9 Å².